The van der Waals surface area contributed by atoms with Crippen LogP contribution in [0.5, 0.6) is 0 Å². The van der Waals surface area contributed by atoms with Gasteiger partial charge in [-0.25, -0.2) is 0 Å². The molecule has 3 rings (SSSR count). The summed E-state index contributed by atoms with van der Waals surface area (Å²) < 4.78 is 0. The average molecular weight is 272 g/mol. The second kappa shape index (κ2) is 4.38. The molecule has 0 atom stereocenters. The van der Waals surface area contributed by atoms with Crippen LogP contribution in [0.4, 0.5) is 10.7 Å². The average Bonchev–Trinajstić information content (AvgIpc) is 2.73. The number of carbonyl (C=O) groups excluding carboxylic acids is 1. The zero-order chi connectivity index (χ0) is 13.6. The van der Waals surface area contributed by atoms with Crippen LogP contribution in [0.2, 0.25) is 0 Å². The highest BCUT2D eigenvalue weighted by Gasteiger charge is 2.21. The van der Waals surface area contributed by atoms with Gasteiger partial charge in [0.1, 0.15) is 0 Å². The second-order valence-corrected chi connectivity index (χ2v) is 6.20. The van der Waals surface area contributed by atoms with Crippen LogP contribution >= 0.6 is 11.3 Å². The zero-order valence-corrected chi connectivity index (χ0v) is 11.9. The summed E-state index contributed by atoms with van der Waals surface area (Å²) in [5, 5.41) is 0.845. The van der Waals surface area contributed by atoms with Crippen molar-refractivity contribution in [3.05, 3.63) is 34.7 Å². The molecule has 1 aliphatic rings. The Labute approximate surface area is 116 Å². The molecule has 4 heteroatoms. The van der Waals surface area contributed by atoms with Crippen molar-refractivity contribution in [2.45, 2.75) is 19.8 Å². The lowest BCUT2D eigenvalue weighted by Gasteiger charge is -2.26. The van der Waals surface area contributed by atoms with E-state index in [1.54, 1.807) is 16.2 Å². The van der Waals surface area contributed by atoms with Gasteiger partial charge in [0.05, 0.1) is 5.00 Å². The van der Waals surface area contributed by atoms with Crippen LogP contribution in [0.25, 0.3) is 11.1 Å². The Morgan fingerprint density at radius 3 is 2.74 bits per heavy atom. The summed E-state index contributed by atoms with van der Waals surface area (Å²) in [5.74, 6) is 0.191. The van der Waals surface area contributed by atoms with Crippen LogP contribution in [-0.4, -0.2) is 13.0 Å². The minimum atomic E-state index is 0.191. The fourth-order valence-corrected chi connectivity index (χ4v) is 3.43. The van der Waals surface area contributed by atoms with Gasteiger partial charge in [-0.2, -0.15) is 0 Å². The number of carbonyl (C=O) groups is 1. The molecule has 0 fully saturated rings. The van der Waals surface area contributed by atoms with Gasteiger partial charge in [-0.1, -0.05) is 6.07 Å². The SMILES string of the molecule is Cc1sc(N)cc1-c1ccc2c(c1)CCC(=O)N2C. The Morgan fingerprint density at radius 2 is 2.05 bits per heavy atom. The van der Waals surface area contributed by atoms with Crippen molar-refractivity contribution < 1.29 is 4.79 Å². The van der Waals surface area contributed by atoms with Crippen LogP contribution in [0.3, 0.4) is 0 Å². The van der Waals surface area contributed by atoms with E-state index in [2.05, 4.69) is 19.1 Å². The number of hydrogen-bond donors (Lipinski definition) is 1. The van der Waals surface area contributed by atoms with E-state index in [9.17, 15) is 4.79 Å². The Morgan fingerprint density at radius 1 is 1.26 bits per heavy atom. The van der Waals surface area contributed by atoms with Crippen molar-refractivity contribution in [3.63, 3.8) is 0 Å². The highest BCUT2D eigenvalue weighted by Crippen LogP contribution is 2.36. The van der Waals surface area contributed by atoms with Crippen molar-refractivity contribution in [1.82, 2.24) is 0 Å². The standard InChI is InChI=1S/C15H16N2OS/c1-9-12(8-14(16)19-9)10-3-5-13-11(7-10)4-6-15(18)17(13)2/h3,5,7-8H,4,6,16H2,1-2H3. The van der Waals surface area contributed by atoms with Crippen molar-refractivity contribution >= 4 is 27.9 Å². The third-order valence-electron chi connectivity index (χ3n) is 3.67. The summed E-state index contributed by atoms with van der Waals surface area (Å²) in [6.45, 7) is 2.09. The number of nitrogen functional groups attached to an aromatic ring is 1. The molecule has 0 radical (unpaired) electrons. The number of aryl methyl sites for hydroxylation is 2. The maximum atomic E-state index is 11.7. The number of rotatable bonds is 1. The van der Waals surface area contributed by atoms with E-state index in [-0.39, 0.29) is 5.91 Å². The third-order valence-corrected chi connectivity index (χ3v) is 4.55. The Hall–Kier alpha value is -1.81. The first-order valence-electron chi connectivity index (χ1n) is 6.32. The van der Waals surface area contributed by atoms with Crippen molar-refractivity contribution in [1.29, 1.82) is 0 Å². The molecule has 1 amide bonds. The predicted molar refractivity (Wildman–Crippen MR) is 80.6 cm³/mol. The van der Waals surface area contributed by atoms with E-state index in [0.717, 1.165) is 17.1 Å². The highest BCUT2D eigenvalue weighted by molar-refractivity contribution is 7.16. The first kappa shape index (κ1) is 12.2. The fraction of sp³-hybridized carbons (Fsp3) is 0.267. The number of amides is 1. The lowest BCUT2D eigenvalue weighted by molar-refractivity contribution is -0.118. The summed E-state index contributed by atoms with van der Waals surface area (Å²) in [6.07, 6.45) is 1.42. The second-order valence-electron chi connectivity index (χ2n) is 4.91. The zero-order valence-electron chi connectivity index (χ0n) is 11.1. The number of fused-ring (bicyclic) bond motifs is 1. The smallest absolute Gasteiger partial charge is 0.227 e. The lowest BCUT2D eigenvalue weighted by Crippen LogP contribution is -2.30. The maximum absolute atomic E-state index is 11.7. The number of benzene rings is 1. The minimum Gasteiger partial charge on any atom is -0.391 e. The molecule has 19 heavy (non-hydrogen) atoms. The predicted octanol–water partition coefficient (Wildman–Crippen LogP) is 3.21. The molecule has 1 aromatic carbocycles. The van der Waals surface area contributed by atoms with Gasteiger partial charge >= 0.3 is 0 Å². The molecule has 0 spiro atoms. The number of anilines is 2. The van der Waals surface area contributed by atoms with E-state index >= 15 is 0 Å². The minimum absolute atomic E-state index is 0.191. The lowest BCUT2D eigenvalue weighted by atomic mass is 9.96. The monoisotopic (exact) mass is 272 g/mol. The summed E-state index contributed by atoms with van der Waals surface area (Å²) >= 11 is 1.62. The van der Waals surface area contributed by atoms with Gasteiger partial charge in [-0.05, 0) is 48.2 Å². The first-order chi connectivity index (χ1) is 9.06. The molecule has 1 aliphatic heterocycles. The van der Waals surface area contributed by atoms with Gasteiger partial charge in [-0.3, -0.25) is 4.79 Å². The number of nitrogens with two attached hydrogens (primary N) is 1. The molecular weight excluding hydrogens is 256 g/mol. The fourth-order valence-electron chi connectivity index (χ4n) is 2.62. The molecular formula is C15H16N2OS. The molecule has 2 N–H and O–H groups in total. The van der Waals surface area contributed by atoms with Crippen molar-refractivity contribution in [2.24, 2.45) is 0 Å². The molecule has 0 saturated heterocycles. The van der Waals surface area contributed by atoms with Gasteiger partial charge in [0.15, 0.2) is 0 Å². The summed E-state index contributed by atoms with van der Waals surface area (Å²) in [6, 6.07) is 8.32. The molecule has 0 saturated carbocycles. The molecule has 0 aliphatic carbocycles. The quantitative estimate of drug-likeness (QED) is 0.866. The van der Waals surface area contributed by atoms with Crippen LogP contribution in [-0.2, 0) is 11.2 Å². The van der Waals surface area contributed by atoms with E-state index in [0.29, 0.717) is 6.42 Å². The molecule has 0 unspecified atom stereocenters. The van der Waals surface area contributed by atoms with Gasteiger partial charge in [0.25, 0.3) is 0 Å². The van der Waals surface area contributed by atoms with Gasteiger partial charge in [0, 0.05) is 24.0 Å². The molecule has 98 valence electrons. The Kier molecular flexibility index (Phi) is 2.82. The van der Waals surface area contributed by atoms with Crippen LogP contribution in [0.1, 0.15) is 16.9 Å². The van der Waals surface area contributed by atoms with Crippen LogP contribution in [0.15, 0.2) is 24.3 Å². The largest absolute Gasteiger partial charge is 0.391 e. The van der Waals surface area contributed by atoms with Gasteiger partial charge < -0.3 is 10.6 Å². The molecule has 1 aromatic heterocycles. The number of hydrogen-bond acceptors (Lipinski definition) is 3. The van der Waals surface area contributed by atoms with E-state index < -0.39 is 0 Å². The molecule has 2 aromatic rings. The van der Waals surface area contributed by atoms with Gasteiger partial charge in [-0.15, -0.1) is 11.3 Å². The summed E-state index contributed by atoms with van der Waals surface area (Å²) in [4.78, 5) is 14.7. The van der Waals surface area contributed by atoms with Crippen LogP contribution < -0.4 is 10.6 Å². The molecule has 3 nitrogen and oxygen atoms in total. The maximum Gasteiger partial charge on any atom is 0.227 e. The number of nitrogens with zero attached hydrogens (tertiary/aromatic N) is 1. The summed E-state index contributed by atoms with van der Waals surface area (Å²) in [7, 11) is 1.84. The third kappa shape index (κ3) is 2.02. The first-order valence-corrected chi connectivity index (χ1v) is 7.13. The Balaban J connectivity index is 2.07. The topological polar surface area (TPSA) is 46.3 Å². The highest BCUT2D eigenvalue weighted by atomic mass is 32.1. The molecule has 0 bridgehead atoms. The normalized spacial score (nSPS) is 14.6. The van der Waals surface area contributed by atoms with Gasteiger partial charge in [0.2, 0.25) is 5.91 Å². The van der Waals surface area contributed by atoms with E-state index in [1.807, 2.05) is 19.2 Å². The summed E-state index contributed by atoms with van der Waals surface area (Å²) in [5.41, 5.74) is 10.5. The van der Waals surface area contributed by atoms with E-state index in [1.165, 1.54) is 21.6 Å². The van der Waals surface area contributed by atoms with Crippen molar-refractivity contribution in [2.75, 3.05) is 17.7 Å². The number of thiophene rings is 1. The molecule has 2 heterocycles. The van der Waals surface area contributed by atoms with Crippen molar-refractivity contribution in [3.8, 4) is 11.1 Å². The Bertz CT molecular complexity index is 660. The van der Waals surface area contributed by atoms with Crippen LogP contribution in [0, 0.1) is 6.92 Å². The van der Waals surface area contributed by atoms with E-state index in [4.69, 9.17) is 5.73 Å².